The SMILES string of the molecule is CCC(=O)Nc1c(-c2cccs2)cccc1S(=O)(=O)N[C@@H](CCCN=C(N)N)C(=O)N1CCC(CC)CC1. The fraction of sp³-hybridized carbons (Fsp3) is 0.500. The minimum atomic E-state index is -4.20. The Balaban J connectivity index is 1.93. The second-order valence-electron chi connectivity index (χ2n) is 9.36. The van der Waals surface area contributed by atoms with Crippen molar-refractivity contribution in [1.82, 2.24) is 9.62 Å². The minimum Gasteiger partial charge on any atom is -0.370 e. The fourth-order valence-electron chi connectivity index (χ4n) is 4.52. The number of guanidine groups is 1. The molecule has 10 nitrogen and oxygen atoms in total. The second kappa shape index (κ2) is 13.7. The number of likely N-dealkylation sites (tertiary alicyclic amines) is 1. The van der Waals surface area contributed by atoms with Gasteiger partial charge in [0, 0.05) is 36.5 Å². The number of nitrogens with two attached hydrogens (primary N) is 2. The van der Waals surface area contributed by atoms with Gasteiger partial charge in [0.2, 0.25) is 21.8 Å². The van der Waals surface area contributed by atoms with E-state index in [1.807, 2.05) is 17.5 Å². The normalized spacial score (nSPS) is 15.2. The van der Waals surface area contributed by atoms with Gasteiger partial charge in [0.25, 0.3) is 0 Å². The summed E-state index contributed by atoms with van der Waals surface area (Å²) in [5.74, 6) is -0.0620. The Labute approximate surface area is 228 Å². The number of anilines is 1. The van der Waals surface area contributed by atoms with E-state index in [1.165, 1.54) is 17.4 Å². The molecule has 0 bridgehead atoms. The summed E-state index contributed by atoms with van der Waals surface area (Å²) in [7, 11) is -4.20. The molecule has 1 aromatic heterocycles. The quantitative estimate of drug-likeness (QED) is 0.177. The van der Waals surface area contributed by atoms with Crippen LogP contribution in [0.5, 0.6) is 0 Å². The van der Waals surface area contributed by atoms with Gasteiger partial charge in [-0.3, -0.25) is 14.6 Å². The van der Waals surface area contributed by atoms with E-state index < -0.39 is 16.1 Å². The van der Waals surface area contributed by atoms with Crippen molar-refractivity contribution in [1.29, 1.82) is 0 Å². The third kappa shape index (κ3) is 7.78. The van der Waals surface area contributed by atoms with Gasteiger partial charge in [-0.15, -0.1) is 11.3 Å². The number of para-hydroxylation sites is 1. The van der Waals surface area contributed by atoms with Crippen LogP contribution in [0.1, 0.15) is 52.4 Å². The number of sulfonamides is 1. The number of amides is 2. The molecule has 0 unspecified atom stereocenters. The van der Waals surface area contributed by atoms with Crippen molar-refractivity contribution >= 4 is 44.8 Å². The first-order chi connectivity index (χ1) is 18.2. The van der Waals surface area contributed by atoms with Crippen LogP contribution in [0.25, 0.3) is 10.4 Å². The molecule has 1 aromatic carbocycles. The Hall–Kier alpha value is -2.96. The van der Waals surface area contributed by atoms with Crippen LogP contribution in [-0.4, -0.2) is 56.8 Å². The van der Waals surface area contributed by atoms with E-state index in [0.717, 1.165) is 24.1 Å². The molecule has 6 N–H and O–H groups in total. The van der Waals surface area contributed by atoms with Gasteiger partial charge in [0.15, 0.2) is 5.96 Å². The van der Waals surface area contributed by atoms with E-state index in [2.05, 4.69) is 22.0 Å². The number of aliphatic imine (C=N–C) groups is 1. The van der Waals surface area contributed by atoms with Gasteiger partial charge in [-0.1, -0.05) is 38.5 Å². The monoisotopic (exact) mass is 562 g/mol. The number of benzene rings is 1. The van der Waals surface area contributed by atoms with Gasteiger partial charge < -0.3 is 21.7 Å². The molecule has 38 heavy (non-hydrogen) atoms. The number of thiophene rings is 1. The van der Waals surface area contributed by atoms with E-state index in [1.54, 1.807) is 24.0 Å². The summed E-state index contributed by atoms with van der Waals surface area (Å²) in [5.41, 5.74) is 11.6. The molecular weight excluding hydrogens is 524 g/mol. The smallest absolute Gasteiger partial charge is 0.243 e. The van der Waals surface area contributed by atoms with Crippen molar-refractivity contribution in [2.45, 2.75) is 63.3 Å². The summed E-state index contributed by atoms with van der Waals surface area (Å²) < 4.78 is 30.2. The standard InChI is InChI=1S/C26H38N6O4S2/c1-3-18-12-15-32(16-13-18)25(34)20(9-6-14-29-26(27)28)31-38(35,36)22-11-5-8-19(21-10-7-17-37-21)24(22)30-23(33)4-2/h5,7-8,10-11,17-18,20,31H,3-4,6,9,12-16H2,1-2H3,(H,30,33)(H4,27,28,29)/t20-/m0/s1. The van der Waals surface area contributed by atoms with Crippen molar-refractivity contribution in [2.75, 3.05) is 25.0 Å². The number of carbonyl (C=O) groups is 2. The molecule has 1 saturated heterocycles. The molecular formula is C26H38N6O4S2. The topological polar surface area (TPSA) is 160 Å². The highest BCUT2D eigenvalue weighted by molar-refractivity contribution is 7.89. The van der Waals surface area contributed by atoms with Crippen molar-refractivity contribution in [3.63, 3.8) is 0 Å². The van der Waals surface area contributed by atoms with Crippen molar-refractivity contribution in [3.8, 4) is 10.4 Å². The Morgan fingerprint density at radius 1 is 1.16 bits per heavy atom. The first kappa shape index (κ1) is 29.6. The lowest BCUT2D eigenvalue weighted by Gasteiger charge is -2.34. The van der Waals surface area contributed by atoms with E-state index in [-0.39, 0.29) is 47.7 Å². The third-order valence-electron chi connectivity index (χ3n) is 6.73. The van der Waals surface area contributed by atoms with Crippen molar-refractivity contribution < 1.29 is 18.0 Å². The number of hydrogen-bond acceptors (Lipinski definition) is 6. The fourth-order valence-corrected chi connectivity index (χ4v) is 6.68. The highest BCUT2D eigenvalue weighted by atomic mass is 32.2. The van der Waals surface area contributed by atoms with E-state index in [9.17, 15) is 18.0 Å². The molecule has 0 aliphatic carbocycles. The Morgan fingerprint density at radius 2 is 1.89 bits per heavy atom. The van der Waals surface area contributed by atoms with Gasteiger partial charge in [-0.25, -0.2) is 8.42 Å². The Bertz CT molecular complexity index is 1220. The average Bonchev–Trinajstić information content (AvgIpc) is 3.44. The zero-order valence-electron chi connectivity index (χ0n) is 22.0. The molecule has 1 fully saturated rings. The molecule has 0 saturated carbocycles. The predicted molar refractivity (Wildman–Crippen MR) is 152 cm³/mol. The minimum absolute atomic E-state index is 0.0585. The van der Waals surface area contributed by atoms with Crippen molar-refractivity contribution in [2.24, 2.45) is 22.4 Å². The van der Waals surface area contributed by atoms with Crippen LogP contribution in [0.2, 0.25) is 0 Å². The van der Waals surface area contributed by atoms with Crippen LogP contribution in [0.4, 0.5) is 5.69 Å². The van der Waals surface area contributed by atoms with Crippen LogP contribution < -0.4 is 21.5 Å². The molecule has 1 aliphatic heterocycles. The zero-order chi connectivity index (χ0) is 27.7. The molecule has 0 radical (unpaired) electrons. The largest absolute Gasteiger partial charge is 0.370 e. The van der Waals surface area contributed by atoms with Crippen LogP contribution in [-0.2, 0) is 19.6 Å². The summed E-state index contributed by atoms with van der Waals surface area (Å²) >= 11 is 1.44. The summed E-state index contributed by atoms with van der Waals surface area (Å²) in [6.45, 7) is 5.30. The molecule has 2 heterocycles. The molecule has 208 valence electrons. The van der Waals surface area contributed by atoms with Crippen LogP contribution in [0.15, 0.2) is 45.6 Å². The molecule has 3 rings (SSSR count). The Kier molecular flexibility index (Phi) is 10.7. The van der Waals surface area contributed by atoms with Gasteiger partial charge in [-0.05, 0) is 49.1 Å². The number of hydrogen-bond donors (Lipinski definition) is 4. The number of piperidine rings is 1. The molecule has 12 heteroatoms. The maximum atomic E-state index is 13.8. The maximum absolute atomic E-state index is 13.8. The molecule has 2 aromatic rings. The zero-order valence-corrected chi connectivity index (χ0v) is 23.6. The first-order valence-electron chi connectivity index (χ1n) is 13.0. The highest BCUT2D eigenvalue weighted by Gasteiger charge is 2.32. The number of nitrogens with zero attached hydrogens (tertiary/aromatic N) is 2. The highest BCUT2D eigenvalue weighted by Crippen LogP contribution is 2.36. The van der Waals surface area contributed by atoms with Gasteiger partial charge in [0.05, 0.1) is 5.69 Å². The van der Waals surface area contributed by atoms with E-state index in [4.69, 9.17) is 11.5 Å². The lowest BCUT2D eigenvalue weighted by Crippen LogP contribution is -2.50. The summed E-state index contributed by atoms with van der Waals surface area (Å²) in [6.07, 6.45) is 3.67. The lowest BCUT2D eigenvalue weighted by atomic mass is 9.94. The van der Waals surface area contributed by atoms with Gasteiger partial charge >= 0.3 is 0 Å². The average molecular weight is 563 g/mol. The third-order valence-corrected chi connectivity index (χ3v) is 9.15. The first-order valence-corrected chi connectivity index (χ1v) is 15.4. The van der Waals surface area contributed by atoms with Crippen LogP contribution in [0.3, 0.4) is 0 Å². The molecule has 0 spiro atoms. The maximum Gasteiger partial charge on any atom is 0.243 e. The summed E-state index contributed by atoms with van der Waals surface area (Å²) in [4.78, 5) is 32.4. The number of nitrogens with one attached hydrogen (secondary N) is 2. The Morgan fingerprint density at radius 3 is 2.50 bits per heavy atom. The molecule has 1 atom stereocenters. The number of rotatable bonds is 12. The lowest BCUT2D eigenvalue weighted by molar-refractivity contribution is -0.134. The summed E-state index contributed by atoms with van der Waals surface area (Å²) in [6, 6.07) is 7.58. The molecule has 2 amide bonds. The molecule has 1 aliphatic rings. The van der Waals surface area contributed by atoms with Crippen molar-refractivity contribution in [3.05, 3.63) is 35.7 Å². The predicted octanol–water partition coefficient (Wildman–Crippen LogP) is 3.11. The number of carbonyl (C=O) groups excluding carboxylic acids is 2. The second-order valence-corrected chi connectivity index (χ2v) is 12.0. The van der Waals surface area contributed by atoms with Crippen LogP contribution >= 0.6 is 11.3 Å². The van der Waals surface area contributed by atoms with Crippen LogP contribution in [0, 0.1) is 5.92 Å². The van der Waals surface area contributed by atoms with E-state index >= 15 is 0 Å². The van der Waals surface area contributed by atoms with Gasteiger partial charge in [-0.2, -0.15) is 4.72 Å². The van der Waals surface area contributed by atoms with E-state index in [0.29, 0.717) is 31.0 Å². The van der Waals surface area contributed by atoms with Gasteiger partial charge in [0.1, 0.15) is 10.9 Å². The summed E-state index contributed by atoms with van der Waals surface area (Å²) in [5, 5.41) is 4.65.